The van der Waals surface area contributed by atoms with Crippen molar-refractivity contribution < 1.29 is 4.39 Å². The number of rotatable bonds is 2. The Bertz CT molecular complexity index is 939. The second-order valence-corrected chi connectivity index (χ2v) is 5.92. The van der Waals surface area contributed by atoms with Crippen molar-refractivity contribution in [2.24, 2.45) is 0 Å². The van der Waals surface area contributed by atoms with Crippen LogP contribution in [0.1, 0.15) is 0 Å². The van der Waals surface area contributed by atoms with Gasteiger partial charge in [-0.15, -0.1) is 10.2 Å². The van der Waals surface area contributed by atoms with Crippen molar-refractivity contribution in [3.8, 4) is 21.1 Å². The average molecular weight is 306 g/mol. The molecule has 0 bridgehead atoms. The third-order valence-corrected chi connectivity index (χ3v) is 4.54. The van der Waals surface area contributed by atoms with Crippen molar-refractivity contribution in [1.29, 1.82) is 0 Å². The smallest absolute Gasteiger partial charge is 0.148 e. The minimum atomic E-state index is -0.248. The monoisotopic (exact) mass is 306 g/mol. The highest BCUT2D eigenvalue weighted by Gasteiger charge is 2.11. The highest BCUT2D eigenvalue weighted by Crippen LogP contribution is 2.33. The van der Waals surface area contributed by atoms with Crippen molar-refractivity contribution >= 4 is 22.1 Å². The molecular formula is C18H11FN2S. The lowest BCUT2D eigenvalue weighted by atomic mass is 10.1. The first-order valence-electron chi connectivity index (χ1n) is 6.89. The second kappa shape index (κ2) is 5.31. The Hall–Kier alpha value is -2.59. The van der Waals surface area contributed by atoms with E-state index in [1.165, 1.54) is 28.9 Å². The summed E-state index contributed by atoms with van der Waals surface area (Å²) >= 11 is 1.52. The van der Waals surface area contributed by atoms with E-state index >= 15 is 0 Å². The van der Waals surface area contributed by atoms with Crippen LogP contribution in [-0.2, 0) is 0 Å². The molecule has 3 aromatic carbocycles. The number of halogens is 1. The van der Waals surface area contributed by atoms with Gasteiger partial charge in [-0.2, -0.15) is 0 Å². The third-order valence-electron chi connectivity index (χ3n) is 3.54. The molecule has 0 saturated heterocycles. The molecular weight excluding hydrogens is 295 g/mol. The quantitative estimate of drug-likeness (QED) is 0.511. The molecule has 1 aromatic heterocycles. The van der Waals surface area contributed by atoms with Crippen LogP contribution in [0.3, 0.4) is 0 Å². The predicted molar refractivity (Wildman–Crippen MR) is 88.2 cm³/mol. The number of fused-ring (bicyclic) bond motifs is 1. The van der Waals surface area contributed by atoms with Crippen LogP contribution in [0.5, 0.6) is 0 Å². The molecule has 0 aliphatic rings. The Labute approximate surface area is 130 Å². The molecule has 0 saturated carbocycles. The van der Waals surface area contributed by atoms with Crippen LogP contribution < -0.4 is 0 Å². The highest BCUT2D eigenvalue weighted by atomic mass is 32.1. The van der Waals surface area contributed by atoms with Gasteiger partial charge in [0.1, 0.15) is 15.8 Å². The summed E-state index contributed by atoms with van der Waals surface area (Å²) in [5, 5.41) is 12.6. The minimum Gasteiger partial charge on any atom is -0.207 e. The molecule has 4 heteroatoms. The topological polar surface area (TPSA) is 25.8 Å². The van der Waals surface area contributed by atoms with Crippen LogP contribution in [0.2, 0.25) is 0 Å². The highest BCUT2D eigenvalue weighted by molar-refractivity contribution is 7.18. The summed E-state index contributed by atoms with van der Waals surface area (Å²) in [6.07, 6.45) is 0. The summed E-state index contributed by atoms with van der Waals surface area (Å²) in [7, 11) is 0. The van der Waals surface area contributed by atoms with E-state index in [-0.39, 0.29) is 5.82 Å². The van der Waals surface area contributed by atoms with Gasteiger partial charge in [-0.25, -0.2) is 4.39 Å². The fourth-order valence-corrected chi connectivity index (χ4v) is 3.34. The van der Waals surface area contributed by atoms with Gasteiger partial charge in [-0.3, -0.25) is 0 Å². The number of benzene rings is 3. The van der Waals surface area contributed by atoms with Gasteiger partial charge < -0.3 is 0 Å². The Balaban J connectivity index is 1.82. The first-order valence-corrected chi connectivity index (χ1v) is 7.70. The summed E-state index contributed by atoms with van der Waals surface area (Å²) in [5.74, 6) is -0.248. The van der Waals surface area contributed by atoms with Gasteiger partial charge in [0.15, 0.2) is 0 Å². The van der Waals surface area contributed by atoms with Gasteiger partial charge in [0.2, 0.25) is 0 Å². The molecule has 4 aromatic rings. The molecule has 0 radical (unpaired) electrons. The van der Waals surface area contributed by atoms with Crippen LogP contribution in [-0.4, -0.2) is 10.2 Å². The van der Waals surface area contributed by atoms with Gasteiger partial charge in [0.25, 0.3) is 0 Å². The average Bonchev–Trinajstić information content (AvgIpc) is 3.05. The summed E-state index contributed by atoms with van der Waals surface area (Å²) in [5.41, 5.74) is 1.95. The second-order valence-electron chi connectivity index (χ2n) is 4.95. The maximum atomic E-state index is 13.0. The first-order chi connectivity index (χ1) is 10.8. The van der Waals surface area contributed by atoms with Crippen molar-refractivity contribution in [2.45, 2.75) is 0 Å². The molecule has 0 amide bonds. The molecule has 106 valence electrons. The maximum absolute atomic E-state index is 13.0. The molecule has 0 fully saturated rings. The van der Waals surface area contributed by atoms with Crippen LogP contribution >= 0.6 is 11.3 Å². The molecule has 0 unspecified atom stereocenters. The molecule has 2 nitrogen and oxygen atoms in total. The van der Waals surface area contributed by atoms with E-state index in [1.54, 1.807) is 12.1 Å². The number of hydrogen-bond donors (Lipinski definition) is 0. The van der Waals surface area contributed by atoms with Crippen molar-refractivity contribution in [3.63, 3.8) is 0 Å². The van der Waals surface area contributed by atoms with E-state index in [0.717, 1.165) is 26.5 Å². The lowest BCUT2D eigenvalue weighted by Gasteiger charge is -2.02. The predicted octanol–water partition coefficient (Wildman–Crippen LogP) is 5.16. The zero-order valence-corrected chi connectivity index (χ0v) is 12.3. The van der Waals surface area contributed by atoms with Crippen LogP contribution in [0, 0.1) is 5.82 Å². The van der Waals surface area contributed by atoms with E-state index in [1.807, 2.05) is 18.2 Å². The summed E-state index contributed by atoms with van der Waals surface area (Å²) in [6.45, 7) is 0. The van der Waals surface area contributed by atoms with Crippen molar-refractivity contribution in [1.82, 2.24) is 10.2 Å². The van der Waals surface area contributed by atoms with Crippen molar-refractivity contribution in [3.05, 3.63) is 72.5 Å². The van der Waals surface area contributed by atoms with Gasteiger partial charge in [0.05, 0.1) is 0 Å². The number of nitrogens with zero attached hydrogens (tertiary/aromatic N) is 2. The Morgan fingerprint density at radius 2 is 1.45 bits per heavy atom. The molecule has 0 aliphatic carbocycles. The summed E-state index contributed by atoms with van der Waals surface area (Å²) in [4.78, 5) is 0. The zero-order chi connectivity index (χ0) is 14.9. The Morgan fingerprint density at radius 1 is 0.727 bits per heavy atom. The van der Waals surface area contributed by atoms with E-state index in [2.05, 4.69) is 34.5 Å². The van der Waals surface area contributed by atoms with Crippen molar-refractivity contribution in [2.75, 3.05) is 0 Å². The Kier molecular flexibility index (Phi) is 3.16. The largest absolute Gasteiger partial charge is 0.207 e. The standard InChI is InChI=1S/C18H11FN2S/c19-14-10-8-13(9-11-14)17-20-21-18(22-17)16-7-3-5-12-4-1-2-6-15(12)16/h1-11H. The zero-order valence-electron chi connectivity index (χ0n) is 11.5. The SMILES string of the molecule is Fc1ccc(-c2nnc(-c3cccc4ccccc34)s2)cc1. The molecule has 0 atom stereocenters. The molecule has 1 heterocycles. The van der Waals surface area contributed by atoms with Crippen LogP contribution in [0.15, 0.2) is 66.7 Å². The fraction of sp³-hybridized carbons (Fsp3) is 0. The molecule has 0 aliphatic heterocycles. The van der Waals surface area contributed by atoms with Crippen LogP contribution in [0.25, 0.3) is 31.9 Å². The lowest BCUT2D eigenvalue weighted by Crippen LogP contribution is -1.80. The first kappa shape index (κ1) is 13.1. The normalized spacial score (nSPS) is 11.0. The minimum absolute atomic E-state index is 0.248. The van der Waals surface area contributed by atoms with Gasteiger partial charge in [-0.05, 0) is 35.0 Å². The third kappa shape index (κ3) is 2.27. The van der Waals surface area contributed by atoms with Crippen LogP contribution in [0.4, 0.5) is 4.39 Å². The molecule has 22 heavy (non-hydrogen) atoms. The lowest BCUT2D eigenvalue weighted by molar-refractivity contribution is 0.628. The molecule has 4 rings (SSSR count). The van der Waals surface area contributed by atoms with Gasteiger partial charge in [-0.1, -0.05) is 53.8 Å². The van der Waals surface area contributed by atoms with Gasteiger partial charge >= 0.3 is 0 Å². The van der Waals surface area contributed by atoms with E-state index < -0.39 is 0 Å². The Morgan fingerprint density at radius 3 is 2.32 bits per heavy atom. The maximum Gasteiger partial charge on any atom is 0.148 e. The fourth-order valence-electron chi connectivity index (χ4n) is 2.45. The van der Waals surface area contributed by atoms with Gasteiger partial charge in [0, 0.05) is 11.1 Å². The summed E-state index contributed by atoms with van der Waals surface area (Å²) < 4.78 is 13.0. The van der Waals surface area contributed by atoms with E-state index in [0.29, 0.717) is 0 Å². The van der Waals surface area contributed by atoms with E-state index in [4.69, 9.17) is 0 Å². The molecule has 0 spiro atoms. The number of hydrogen-bond acceptors (Lipinski definition) is 3. The molecule has 0 N–H and O–H groups in total. The summed E-state index contributed by atoms with van der Waals surface area (Å²) in [6, 6.07) is 20.7. The number of aromatic nitrogens is 2. The van der Waals surface area contributed by atoms with E-state index in [9.17, 15) is 4.39 Å².